The Bertz CT molecular complexity index is 142. The quantitative estimate of drug-likeness (QED) is 0.229. The van der Waals surface area contributed by atoms with Crippen molar-refractivity contribution in [2.24, 2.45) is 0 Å². The van der Waals surface area contributed by atoms with Crippen molar-refractivity contribution in [1.29, 1.82) is 10.5 Å². The first-order valence-corrected chi connectivity index (χ1v) is 1.92. The highest BCUT2D eigenvalue weighted by Crippen LogP contribution is 1.85. The van der Waals surface area contributed by atoms with Crippen LogP contribution in [0.2, 0.25) is 0 Å². The van der Waals surface area contributed by atoms with Crippen LogP contribution >= 0.6 is 0 Å². The van der Waals surface area contributed by atoms with Crippen molar-refractivity contribution in [3.05, 3.63) is 0 Å². The maximum absolute atomic E-state index is 8.31. The van der Waals surface area contributed by atoms with Crippen LogP contribution in [0.4, 0.5) is 0 Å². The molecular formula is C2HBN2O5. The minimum atomic E-state index is -1.92. The summed E-state index contributed by atoms with van der Waals surface area (Å²) in [6.07, 6.45) is 2.15. The van der Waals surface area contributed by atoms with Gasteiger partial charge in [0.25, 0.3) is 0 Å². The van der Waals surface area contributed by atoms with Crippen molar-refractivity contribution < 1.29 is 24.4 Å². The third kappa shape index (κ3) is 4.68. The van der Waals surface area contributed by atoms with E-state index in [2.05, 4.69) is 19.4 Å². The van der Waals surface area contributed by atoms with Gasteiger partial charge in [0, 0.05) is 0 Å². The molecule has 0 rings (SSSR count). The topological polar surface area (TPSA) is 105 Å². The van der Waals surface area contributed by atoms with E-state index in [0.29, 0.717) is 0 Å². The Hall–Kier alpha value is -1.48. The maximum atomic E-state index is 8.31. The van der Waals surface area contributed by atoms with Crippen LogP contribution in [0.25, 0.3) is 0 Å². The zero-order chi connectivity index (χ0) is 7.82. The van der Waals surface area contributed by atoms with Gasteiger partial charge < -0.3 is 5.02 Å². The van der Waals surface area contributed by atoms with E-state index >= 15 is 0 Å². The molecule has 0 radical (unpaired) electrons. The fourth-order valence-corrected chi connectivity index (χ4v) is 0.141. The molecule has 8 heteroatoms. The molecule has 0 bridgehead atoms. The average molecular weight is 144 g/mol. The Morgan fingerprint density at radius 3 is 1.80 bits per heavy atom. The highest BCUT2D eigenvalue weighted by Gasteiger charge is 2.20. The minimum Gasteiger partial charge on any atom is -0.398 e. The first-order valence-electron chi connectivity index (χ1n) is 1.92. The van der Waals surface area contributed by atoms with Crippen molar-refractivity contribution in [3.63, 3.8) is 0 Å². The van der Waals surface area contributed by atoms with Crippen LogP contribution in [-0.4, -0.2) is 12.3 Å². The largest absolute Gasteiger partial charge is 0.715 e. The molecule has 0 fully saturated rings. The van der Waals surface area contributed by atoms with Gasteiger partial charge in [-0.15, -0.1) is 10.5 Å². The molecule has 0 aromatic carbocycles. The molecule has 0 aromatic rings. The highest BCUT2D eigenvalue weighted by molar-refractivity contribution is 6.33. The molecule has 10 heavy (non-hydrogen) atoms. The Kier molecular flexibility index (Phi) is 4.82. The summed E-state index contributed by atoms with van der Waals surface area (Å²) in [6.45, 7) is 0. The van der Waals surface area contributed by atoms with E-state index in [4.69, 9.17) is 15.5 Å². The number of nitriles is 2. The van der Waals surface area contributed by atoms with Crippen LogP contribution in [-0.2, 0) is 19.4 Å². The van der Waals surface area contributed by atoms with Crippen molar-refractivity contribution in [2.45, 2.75) is 0 Å². The summed E-state index contributed by atoms with van der Waals surface area (Å²) >= 11 is 0. The second-order valence-corrected chi connectivity index (χ2v) is 0.849. The second-order valence-electron chi connectivity index (χ2n) is 0.849. The van der Waals surface area contributed by atoms with Crippen LogP contribution in [0.3, 0.4) is 0 Å². The Labute approximate surface area is 55.9 Å². The lowest BCUT2D eigenvalue weighted by atomic mass is 10.3. The summed E-state index contributed by atoms with van der Waals surface area (Å²) in [7, 11) is -1.92. The van der Waals surface area contributed by atoms with Gasteiger partial charge in [-0.3, -0.25) is 9.78 Å². The van der Waals surface area contributed by atoms with E-state index in [9.17, 15) is 0 Å². The third-order valence-corrected chi connectivity index (χ3v) is 0.335. The molecule has 0 spiro atoms. The van der Waals surface area contributed by atoms with Gasteiger partial charge in [0.1, 0.15) is 0 Å². The predicted molar refractivity (Wildman–Crippen MR) is 23.5 cm³/mol. The normalized spacial score (nSPS) is 7.10. The van der Waals surface area contributed by atoms with Gasteiger partial charge in [-0.25, -0.2) is 0 Å². The first-order chi connectivity index (χ1) is 4.81. The fourth-order valence-electron chi connectivity index (χ4n) is 0.141. The van der Waals surface area contributed by atoms with E-state index in [0.717, 1.165) is 12.5 Å². The van der Waals surface area contributed by atoms with Crippen LogP contribution < -0.4 is 0 Å². The van der Waals surface area contributed by atoms with E-state index in [1.54, 1.807) is 0 Å². The van der Waals surface area contributed by atoms with Gasteiger partial charge in [0.05, 0.1) is 0 Å². The Morgan fingerprint density at radius 1 is 1.10 bits per heavy atom. The van der Waals surface area contributed by atoms with Gasteiger partial charge >= 0.3 is 19.8 Å². The molecule has 0 unspecified atom stereocenters. The second kappa shape index (κ2) is 5.66. The van der Waals surface area contributed by atoms with Gasteiger partial charge in [0.15, 0.2) is 0 Å². The summed E-state index contributed by atoms with van der Waals surface area (Å²) in [6, 6.07) is 0. The molecule has 0 saturated heterocycles. The Morgan fingerprint density at radius 2 is 1.50 bits per heavy atom. The van der Waals surface area contributed by atoms with E-state index in [-0.39, 0.29) is 0 Å². The minimum absolute atomic E-state index is 1.07. The number of hydrogen-bond acceptors (Lipinski definition) is 7. The summed E-state index contributed by atoms with van der Waals surface area (Å²) in [5.74, 6) is 0. The lowest BCUT2D eigenvalue weighted by molar-refractivity contribution is -0.241. The molecule has 1 N–H and O–H groups in total. The lowest BCUT2D eigenvalue weighted by Crippen LogP contribution is -2.21. The predicted octanol–water partition coefficient (Wildman–Crippen LogP) is -1.18. The SMILES string of the molecule is N#COOB(O)OOC#N. The lowest BCUT2D eigenvalue weighted by Gasteiger charge is -1.96. The molecule has 0 saturated carbocycles. The standard InChI is InChI=1S/C2HBN2O5/c4-1-7-9-3(6)10-8-2-5/h6H. The molecule has 0 aliphatic carbocycles. The molecule has 0 heterocycles. The Balaban J connectivity index is 3.20. The van der Waals surface area contributed by atoms with Crippen LogP contribution in [0.15, 0.2) is 0 Å². The molecule has 52 valence electrons. The van der Waals surface area contributed by atoms with Crippen LogP contribution in [0.1, 0.15) is 0 Å². The first kappa shape index (κ1) is 8.52. The van der Waals surface area contributed by atoms with Crippen molar-refractivity contribution in [3.8, 4) is 12.5 Å². The zero-order valence-electron chi connectivity index (χ0n) is 4.55. The molecule has 0 aliphatic heterocycles. The summed E-state index contributed by atoms with van der Waals surface area (Å²) in [5.41, 5.74) is 0. The monoisotopic (exact) mass is 144 g/mol. The highest BCUT2D eigenvalue weighted by atomic mass is 17.3. The molecular weight excluding hydrogens is 143 g/mol. The molecule has 0 aliphatic rings. The fraction of sp³-hybridized carbons (Fsp3) is 0. The molecule has 7 nitrogen and oxygen atoms in total. The van der Waals surface area contributed by atoms with Gasteiger partial charge in [-0.1, -0.05) is 0 Å². The average Bonchev–Trinajstić information content (AvgIpc) is 1.97. The smallest absolute Gasteiger partial charge is 0.398 e. The summed E-state index contributed by atoms with van der Waals surface area (Å²) < 4.78 is 0. The third-order valence-electron chi connectivity index (χ3n) is 0.335. The van der Waals surface area contributed by atoms with Gasteiger partial charge in [-0.2, -0.15) is 9.61 Å². The molecule has 0 atom stereocenters. The van der Waals surface area contributed by atoms with Crippen LogP contribution in [0, 0.1) is 23.0 Å². The van der Waals surface area contributed by atoms with Crippen molar-refractivity contribution in [2.75, 3.05) is 0 Å². The van der Waals surface area contributed by atoms with E-state index in [1.165, 1.54) is 0 Å². The van der Waals surface area contributed by atoms with E-state index < -0.39 is 7.32 Å². The molecule has 0 aromatic heterocycles. The van der Waals surface area contributed by atoms with Gasteiger partial charge in [-0.05, 0) is 0 Å². The zero-order valence-corrected chi connectivity index (χ0v) is 4.55. The number of nitrogens with zero attached hydrogens (tertiary/aromatic N) is 2. The van der Waals surface area contributed by atoms with Crippen molar-refractivity contribution in [1.82, 2.24) is 0 Å². The number of rotatable bonds is 4. The number of hydrogen-bond donors (Lipinski definition) is 1. The molecule has 0 amide bonds. The summed E-state index contributed by atoms with van der Waals surface area (Å²) in [5, 5.41) is 23.7. The van der Waals surface area contributed by atoms with Crippen molar-refractivity contribution >= 4 is 7.32 Å². The van der Waals surface area contributed by atoms with Gasteiger partial charge in [0.2, 0.25) is 0 Å². The van der Waals surface area contributed by atoms with E-state index in [1.807, 2.05) is 0 Å². The summed E-state index contributed by atoms with van der Waals surface area (Å²) in [4.78, 5) is 14.4. The maximum Gasteiger partial charge on any atom is 0.715 e. The van der Waals surface area contributed by atoms with Crippen LogP contribution in [0.5, 0.6) is 0 Å².